The van der Waals surface area contributed by atoms with Crippen LogP contribution in [-0.4, -0.2) is 13.1 Å². The number of hydrogen-bond acceptors (Lipinski definition) is 1. The van der Waals surface area contributed by atoms with E-state index in [4.69, 9.17) is 0 Å². The van der Waals surface area contributed by atoms with Crippen molar-refractivity contribution in [2.45, 2.75) is 33.1 Å². The van der Waals surface area contributed by atoms with Gasteiger partial charge in [0, 0.05) is 0 Å². The highest BCUT2D eigenvalue weighted by Crippen LogP contribution is 2.22. The standard InChI is InChI=1S/C14H20BrF2N/c1-3-18-7-6-10(2)4-5-11-8-14(17)12(15)9-13(11)16/h8-10,18H,3-7H2,1-2H3. The molecule has 0 fully saturated rings. The molecule has 0 heterocycles. The lowest BCUT2D eigenvalue weighted by molar-refractivity contribution is 0.467. The average Bonchev–Trinajstić information content (AvgIpc) is 2.32. The minimum absolute atomic E-state index is 0.184. The monoisotopic (exact) mass is 319 g/mol. The van der Waals surface area contributed by atoms with E-state index in [0.717, 1.165) is 25.9 Å². The normalized spacial score (nSPS) is 12.7. The summed E-state index contributed by atoms with van der Waals surface area (Å²) in [5, 5.41) is 3.27. The number of nitrogens with one attached hydrogen (secondary N) is 1. The molecule has 4 heteroatoms. The summed E-state index contributed by atoms with van der Waals surface area (Å²) in [6, 6.07) is 2.49. The van der Waals surface area contributed by atoms with Crippen molar-refractivity contribution in [1.82, 2.24) is 5.32 Å². The third-order valence-electron chi connectivity index (χ3n) is 3.06. The first kappa shape index (κ1) is 15.6. The van der Waals surface area contributed by atoms with Crippen molar-refractivity contribution >= 4 is 15.9 Å². The van der Waals surface area contributed by atoms with Gasteiger partial charge in [-0.05, 0) is 71.9 Å². The molecule has 1 unspecified atom stereocenters. The fourth-order valence-electron chi connectivity index (χ4n) is 1.83. The second kappa shape index (κ2) is 7.85. The number of aryl methyl sites for hydroxylation is 1. The van der Waals surface area contributed by atoms with Gasteiger partial charge in [-0.2, -0.15) is 0 Å². The molecule has 0 aliphatic rings. The van der Waals surface area contributed by atoms with Crippen LogP contribution in [0.25, 0.3) is 0 Å². The second-order valence-electron chi connectivity index (χ2n) is 4.64. The van der Waals surface area contributed by atoms with Crippen LogP contribution in [0.3, 0.4) is 0 Å². The second-order valence-corrected chi connectivity index (χ2v) is 5.50. The highest BCUT2D eigenvalue weighted by atomic mass is 79.9. The van der Waals surface area contributed by atoms with Crippen molar-refractivity contribution in [1.29, 1.82) is 0 Å². The summed E-state index contributed by atoms with van der Waals surface area (Å²) in [4.78, 5) is 0. The number of rotatable bonds is 7. The number of hydrogen-bond donors (Lipinski definition) is 1. The number of halogens is 3. The van der Waals surface area contributed by atoms with Crippen LogP contribution in [0.15, 0.2) is 16.6 Å². The van der Waals surface area contributed by atoms with E-state index in [1.54, 1.807) is 0 Å². The Bertz CT molecular complexity index is 382. The van der Waals surface area contributed by atoms with Gasteiger partial charge in [0.25, 0.3) is 0 Å². The molecule has 1 N–H and O–H groups in total. The van der Waals surface area contributed by atoms with E-state index in [1.807, 2.05) is 0 Å². The molecule has 1 rings (SSSR count). The molecule has 0 radical (unpaired) electrons. The summed E-state index contributed by atoms with van der Waals surface area (Å²) in [7, 11) is 0. The maximum atomic E-state index is 13.6. The fraction of sp³-hybridized carbons (Fsp3) is 0.571. The SMILES string of the molecule is CCNCCC(C)CCc1cc(F)c(Br)cc1F. The van der Waals surface area contributed by atoms with Crippen LogP contribution >= 0.6 is 15.9 Å². The molecule has 102 valence electrons. The van der Waals surface area contributed by atoms with Crippen LogP contribution in [-0.2, 0) is 6.42 Å². The van der Waals surface area contributed by atoms with E-state index in [1.165, 1.54) is 12.1 Å². The lowest BCUT2D eigenvalue weighted by atomic mass is 9.98. The molecule has 0 aliphatic heterocycles. The molecule has 18 heavy (non-hydrogen) atoms. The fourth-order valence-corrected chi connectivity index (χ4v) is 2.14. The molecule has 0 amide bonds. The van der Waals surface area contributed by atoms with Gasteiger partial charge in [0.15, 0.2) is 0 Å². The van der Waals surface area contributed by atoms with Gasteiger partial charge in [0.05, 0.1) is 4.47 Å². The maximum absolute atomic E-state index is 13.6. The number of benzene rings is 1. The molecule has 1 nitrogen and oxygen atoms in total. The van der Waals surface area contributed by atoms with Crippen molar-refractivity contribution in [3.63, 3.8) is 0 Å². The van der Waals surface area contributed by atoms with Gasteiger partial charge in [-0.1, -0.05) is 13.8 Å². The van der Waals surface area contributed by atoms with Crippen molar-refractivity contribution < 1.29 is 8.78 Å². The average molecular weight is 320 g/mol. The van der Waals surface area contributed by atoms with E-state index < -0.39 is 5.82 Å². The molecule has 1 atom stereocenters. The topological polar surface area (TPSA) is 12.0 Å². The van der Waals surface area contributed by atoms with E-state index in [2.05, 4.69) is 35.1 Å². The first-order chi connectivity index (χ1) is 8.54. The van der Waals surface area contributed by atoms with Crippen molar-refractivity contribution in [3.8, 4) is 0 Å². The molecule has 1 aromatic carbocycles. The Balaban J connectivity index is 2.45. The third kappa shape index (κ3) is 5.02. The quantitative estimate of drug-likeness (QED) is 0.583. The van der Waals surface area contributed by atoms with Crippen LogP contribution in [0, 0.1) is 17.6 Å². The lowest BCUT2D eigenvalue weighted by Gasteiger charge is -2.12. The Morgan fingerprint density at radius 2 is 1.94 bits per heavy atom. The van der Waals surface area contributed by atoms with Crippen LogP contribution in [0.2, 0.25) is 0 Å². The highest BCUT2D eigenvalue weighted by Gasteiger charge is 2.10. The van der Waals surface area contributed by atoms with Gasteiger partial charge in [0.2, 0.25) is 0 Å². The summed E-state index contributed by atoms with van der Waals surface area (Å²) in [6.07, 6.45) is 2.53. The minimum atomic E-state index is -0.397. The van der Waals surface area contributed by atoms with Crippen LogP contribution in [0.4, 0.5) is 8.78 Å². The molecular weight excluding hydrogens is 300 g/mol. The highest BCUT2D eigenvalue weighted by molar-refractivity contribution is 9.10. The van der Waals surface area contributed by atoms with Crippen LogP contribution < -0.4 is 5.32 Å². The first-order valence-electron chi connectivity index (χ1n) is 6.38. The Morgan fingerprint density at radius 1 is 1.22 bits per heavy atom. The molecule has 0 aliphatic carbocycles. The van der Waals surface area contributed by atoms with Gasteiger partial charge in [0.1, 0.15) is 11.6 Å². The van der Waals surface area contributed by atoms with Crippen molar-refractivity contribution in [3.05, 3.63) is 33.8 Å². The summed E-state index contributed by atoms with van der Waals surface area (Å²) in [5.74, 6) is -0.219. The van der Waals surface area contributed by atoms with E-state index >= 15 is 0 Å². The third-order valence-corrected chi connectivity index (χ3v) is 3.67. The molecule has 0 aromatic heterocycles. The zero-order valence-corrected chi connectivity index (χ0v) is 12.5. The Morgan fingerprint density at radius 3 is 2.61 bits per heavy atom. The predicted molar refractivity (Wildman–Crippen MR) is 74.7 cm³/mol. The van der Waals surface area contributed by atoms with E-state index in [-0.39, 0.29) is 10.3 Å². The Hall–Kier alpha value is -0.480. The Kier molecular flexibility index (Phi) is 6.79. The van der Waals surface area contributed by atoms with Gasteiger partial charge < -0.3 is 5.32 Å². The van der Waals surface area contributed by atoms with E-state index in [0.29, 0.717) is 17.9 Å². The minimum Gasteiger partial charge on any atom is -0.317 e. The molecule has 0 saturated heterocycles. The largest absolute Gasteiger partial charge is 0.317 e. The summed E-state index contributed by atoms with van der Waals surface area (Å²) in [5.41, 5.74) is 0.464. The predicted octanol–water partition coefficient (Wildman–Crippen LogP) is 4.30. The molecule has 0 spiro atoms. The van der Waals surface area contributed by atoms with E-state index in [9.17, 15) is 8.78 Å². The molecule has 0 saturated carbocycles. The molecule has 0 bridgehead atoms. The van der Waals surface area contributed by atoms with Crippen molar-refractivity contribution in [2.24, 2.45) is 5.92 Å². The maximum Gasteiger partial charge on any atom is 0.137 e. The van der Waals surface area contributed by atoms with Gasteiger partial charge in [-0.3, -0.25) is 0 Å². The van der Waals surface area contributed by atoms with Gasteiger partial charge in [-0.25, -0.2) is 8.78 Å². The molecular formula is C14H20BrF2N. The van der Waals surface area contributed by atoms with Crippen molar-refractivity contribution in [2.75, 3.05) is 13.1 Å². The van der Waals surface area contributed by atoms with Gasteiger partial charge >= 0.3 is 0 Å². The van der Waals surface area contributed by atoms with Crippen LogP contribution in [0.5, 0.6) is 0 Å². The summed E-state index contributed by atoms with van der Waals surface area (Å²) in [6.45, 7) is 6.17. The van der Waals surface area contributed by atoms with Crippen LogP contribution in [0.1, 0.15) is 32.3 Å². The zero-order valence-electron chi connectivity index (χ0n) is 10.9. The Labute approximate surface area is 116 Å². The molecule has 1 aromatic rings. The summed E-state index contributed by atoms with van der Waals surface area (Å²) >= 11 is 2.98. The zero-order chi connectivity index (χ0) is 13.5. The first-order valence-corrected chi connectivity index (χ1v) is 7.18. The lowest BCUT2D eigenvalue weighted by Crippen LogP contribution is -2.16. The summed E-state index contributed by atoms with van der Waals surface area (Å²) < 4.78 is 27.1. The smallest absolute Gasteiger partial charge is 0.137 e. The van der Waals surface area contributed by atoms with Gasteiger partial charge in [-0.15, -0.1) is 0 Å².